The maximum absolute atomic E-state index is 10.4. The molecule has 1 aromatic heterocycles. The highest BCUT2D eigenvalue weighted by Gasteiger charge is 2.20. The van der Waals surface area contributed by atoms with Gasteiger partial charge in [-0.2, -0.15) is 0 Å². The summed E-state index contributed by atoms with van der Waals surface area (Å²) < 4.78 is 1.75. The van der Waals surface area contributed by atoms with E-state index in [-0.39, 0.29) is 5.88 Å². The minimum absolute atomic E-state index is 0.161. The number of aromatic nitrogens is 2. The van der Waals surface area contributed by atoms with Gasteiger partial charge in [0.15, 0.2) is 5.16 Å². The number of thioether (sulfide) groups is 1. The second-order valence-corrected chi connectivity index (χ2v) is 5.75. The first-order chi connectivity index (χ1) is 10.7. The number of imidazole rings is 1. The molecule has 0 atom stereocenters. The molecule has 1 aliphatic rings. The second kappa shape index (κ2) is 5.85. The lowest BCUT2D eigenvalue weighted by Crippen LogP contribution is -1.95. The Kier molecular flexibility index (Phi) is 3.90. The van der Waals surface area contributed by atoms with Gasteiger partial charge in [0.25, 0.3) is 0 Å². The minimum Gasteiger partial charge on any atom is -0.493 e. The molecule has 0 bridgehead atoms. The third kappa shape index (κ3) is 2.37. The molecule has 1 aromatic carbocycles. The first kappa shape index (κ1) is 14.7. The monoisotopic (exact) mass is 311 g/mol. The number of rotatable bonds is 4. The third-order valence-corrected chi connectivity index (χ3v) is 4.26. The van der Waals surface area contributed by atoms with Crippen molar-refractivity contribution in [3.8, 4) is 5.88 Å². The molecule has 112 valence electrons. The number of hydrogen-bond donors (Lipinski definition) is 1. The van der Waals surface area contributed by atoms with Gasteiger partial charge in [-0.15, -0.1) is 6.58 Å². The van der Waals surface area contributed by atoms with E-state index in [0.717, 1.165) is 27.7 Å². The van der Waals surface area contributed by atoms with Gasteiger partial charge >= 0.3 is 0 Å². The van der Waals surface area contributed by atoms with Crippen molar-refractivity contribution in [2.45, 2.75) is 18.6 Å². The van der Waals surface area contributed by atoms with Crippen LogP contribution in [-0.2, 0) is 6.54 Å². The van der Waals surface area contributed by atoms with Crippen LogP contribution < -0.4 is 0 Å². The lowest BCUT2D eigenvalue weighted by molar-refractivity contribution is 0.416. The normalized spacial score (nSPS) is 15.0. The summed E-state index contributed by atoms with van der Waals surface area (Å²) in [4.78, 5) is 9.07. The van der Waals surface area contributed by atoms with E-state index in [2.05, 4.69) is 16.6 Å². The summed E-state index contributed by atoms with van der Waals surface area (Å²) in [6, 6.07) is 7.99. The maximum Gasteiger partial charge on any atom is 0.220 e. The van der Waals surface area contributed by atoms with Gasteiger partial charge in [-0.3, -0.25) is 9.56 Å². The van der Waals surface area contributed by atoms with Crippen LogP contribution in [0.5, 0.6) is 5.88 Å². The molecule has 4 nitrogen and oxygen atoms in total. The van der Waals surface area contributed by atoms with Crippen LogP contribution in [0.15, 0.2) is 47.1 Å². The molecule has 3 rings (SSSR count). The first-order valence-electron chi connectivity index (χ1n) is 6.97. The molecule has 0 fully saturated rings. The Balaban J connectivity index is 2.10. The van der Waals surface area contributed by atoms with Crippen molar-refractivity contribution in [2.75, 3.05) is 6.26 Å². The van der Waals surface area contributed by atoms with E-state index in [0.29, 0.717) is 12.2 Å². The zero-order valence-corrected chi connectivity index (χ0v) is 13.4. The van der Waals surface area contributed by atoms with E-state index in [4.69, 9.17) is 0 Å². The molecule has 5 heteroatoms. The third-order valence-electron chi connectivity index (χ3n) is 3.58. The van der Waals surface area contributed by atoms with Crippen LogP contribution in [0.3, 0.4) is 0 Å². The molecule has 1 aliphatic heterocycles. The molecule has 0 saturated carbocycles. The number of nitrogens with zero attached hydrogens (tertiary/aromatic N) is 3. The summed E-state index contributed by atoms with van der Waals surface area (Å²) in [6.07, 6.45) is 5.59. The smallest absolute Gasteiger partial charge is 0.220 e. The summed E-state index contributed by atoms with van der Waals surface area (Å²) >= 11 is 1.50. The molecule has 0 spiro atoms. The van der Waals surface area contributed by atoms with Crippen LogP contribution in [-0.4, -0.2) is 26.6 Å². The van der Waals surface area contributed by atoms with Gasteiger partial charge < -0.3 is 5.11 Å². The Bertz CT molecular complexity index is 802. The van der Waals surface area contributed by atoms with Gasteiger partial charge in [0, 0.05) is 23.4 Å². The summed E-state index contributed by atoms with van der Waals surface area (Å²) in [6.45, 7) is 6.22. The molecular formula is C17H17N3OS. The Morgan fingerprint density at radius 2 is 2.14 bits per heavy atom. The van der Waals surface area contributed by atoms with E-state index in [9.17, 15) is 5.11 Å². The van der Waals surface area contributed by atoms with Gasteiger partial charge in [-0.05, 0) is 25.3 Å². The number of para-hydroxylation sites is 1. The van der Waals surface area contributed by atoms with Crippen molar-refractivity contribution < 1.29 is 5.11 Å². The second-order valence-electron chi connectivity index (χ2n) is 4.98. The highest BCUT2D eigenvalue weighted by atomic mass is 32.2. The molecule has 2 aromatic rings. The number of allylic oxidation sites excluding steroid dienone is 2. The maximum atomic E-state index is 10.4. The number of benzene rings is 1. The van der Waals surface area contributed by atoms with Crippen molar-refractivity contribution >= 4 is 34.8 Å². The molecule has 0 saturated heterocycles. The summed E-state index contributed by atoms with van der Waals surface area (Å²) in [5, 5.41) is 11.2. The lowest BCUT2D eigenvalue weighted by atomic mass is 10.0. The Labute approximate surface area is 133 Å². The van der Waals surface area contributed by atoms with Crippen LogP contribution in [0.4, 0.5) is 5.69 Å². The minimum atomic E-state index is 0.161. The van der Waals surface area contributed by atoms with Crippen LogP contribution in [0.1, 0.15) is 18.2 Å². The number of aromatic hydroxyl groups is 1. The van der Waals surface area contributed by atoms with E-state index < -0.39 is 0 Å². The topological polar surface area (TPSA) is 50.4 Å². The van der Waals surface area contributed by atoms with Gasteiger partial charge in [-0.1, -0.05) is 36.0 Å². The Hall–Kier alpha value is -2.27. The average molecular weight is 311 g/mol. The van der Waals surface area contributed by atoms with Gasteiger partial charge in [0.2, 0.25) is 5.88 Å². The Morgan fingerprint density at radius 1 is 1.36 bits per heavy atom. The Morgan fingerprint density at radius 3 is 2.86 bits per heavy atom. The van der Waals surface area contributed by atoms with E-state index >= 15 is 0 Å². The largest absolute Gasteiger partial charge is 0.493 e. The number of fused-ring (bicyclic) bond motifs is 1. The molecule has 0 aliphatic carbocycles. The van der Waals surface area contributed by atoms with E-state index in [1.165, 1.54) is 11.8 Å². The fourth-order valence-corrected chi connectivity index (χ4v) is 3.11. The number of aliphatic imine (C=N–C) groups is 1. The van der Waals surface area contributed by atoms with Gasteiger partial charge in [0.05, 0.1) is 5.69 Å². The quantitative estimate of drug-likeness (QED) is 0.682. The van der Waals surface area contributed by atoms with Crippen molar-refractivity contribution in [3.63, 3.8) is 0 Å². The highest BCUT2D eigenvalue weighted by Crippen LogP contribution is 2.37. The average Bonchev–Trinajstić information content (AvgIpc) is 2.99. The van der Waals surface area contributed by atoms with Crippen LogP contribution in [0.2, 0.25) is 0 Å². The molecule has 0 unspecified atom stereocenters. The SMILES string of the molecule is C=CCn1c(SC)nc(/C=C2/C(C)=Nc3ccccc32)c1O. The molecule has 1 N–H and O–H groups in total. The summed E-state index contributed by atoms with van der Waals surface area (Å²) in [7, 11) is 0. The standard InChI is InChI=1S/C17H17N3OS/c1-4-9-20-16(21)15(19-17(20)22-3)10-13-11(2)18-14-8-6-5-7-12(13)14/h4-8,10,21H,1,9H2,2-3H3/b13-10-. The van der Waals surface area contributed by atoms with E-state index in [1.807, 2.05) is 43.5 Å². The summed E-state index contributed by atoms with van der Waals surface area (Å²) in [5.41, 5.74) is 4.53. The fourth-order valence-electron chi connectivity index (χ4n) is 2.54. The van der Waals surface area contributed by atoms with Crippen molar-refractivity contribution in [1.82, 2.24) is 9.55 Å². The first-order valence-corrected chi connectivity index (χ1v) is 8.19. The predicted octanol–water partition coefficient (Wildman–Crippen LogP) is 4.14. The van der Waals surface area contributed by atoms with Crippen molar-refractivity contribution in [3.05, 3.63) is 48.2 Å². The van der Waals surface area contributed by atoms with Crippen LogP contribution >= 0.6 is 11.8 Å². The fraction of sp³-hybridized carbons (Fsp3) is 0.176. The zero-order valence-electron chi connectivity index (χ0n) is 12.6. The lowest BCUT2D eigenvalue weighted by Gasteiger charge is -2.03. The molecular weight excluding hydrogens is 294 g/mol. The van der Waals surface area contributed by atoms with Crippen molar-refractivity contribution in [1.29, 1.82) is 0 Å². The zero-order chi connectivity index (χ0) is 15.7. The number of hydrogen-bond acceptors (Lipinski definition) is 4. The van der Waals surface area contributed by atoms with E-state index in [1.54, 1.807) is 10.6 Å². The van der Waals surface area contributed by atoms with Crippen LogP contribution in [0.25, 0.3) is 11.6 Å². The summed E-state index contributed by atoms with van der Waals surface area (Å²) in [5.74, 6) is 0.161. The van der Waals surface area contributed by atoms with Gasteiger partial charge in [0.1, 0.15) is 5.69 Å². The van der Waals surface area contributed by atoms with Crippen molar-refractivity contribution in [2.24, 2.45) is 4.99 Å². The van der Waals surface area contributed by atoms with Crippen LogP contribution in [0, 0.1) is 0 Å². The molecule has 0 radical (unpaired) electrons. The molecule has 22 heavy (non-hydrogen) atoms. The van der Waals surface area contributed by atoms with Gasteiger partial charge in [-0.25, -0.2) is 4.98 Å². The predicted molar refractivity (Wildman–Crippen MR) is 93.0 cm³/mol. The molecule has 0 amide bonds. The molecule has 2 heterocycles. The highest BCUT2D eigenvalue weighted by molar-refractivity contribution is 7.98.